The Balaban J connectivity index is 1.46. The molecule has 0 saturated carbocycles. The smallest absolute Gasteiger partial charge is 0.303 e. The molecule has 0 bridgehead atoms. The van der Waals surface area contributed by atoms with Crippen LogP contribution in [-0.4, -0.2) is 36.4 Å². The van der Waals surface area contributed by atoms with Gasteiger partial charge in [-0.15, -0.1) is 0 Å². The molecule has 198 valence electrons. The van der Waals surface area contributed by atoms with E-state index in [-0.39, 0.29) is 30.0 Å². The highest BCUT2D eigenvalue weighted by atomic mass is 19.1. The number of carbonyl (C=O) groups is 1. The van der Waals surface area contributed by atoms with Gasteiger partial charge < -0.3 is 20.0 Å². The first-order valence-corrected chi connectivity index (χ1v) is 12.4. The molecule has 39 heavy (non-hydrogen) atoms. The van der Waals surface area contributed by atoms with Crippen molar-refractivity contribution >= 4 is 33.7 Å². The minimum absolute atomic E-state index is 0.00190. The minimum Gasteiger partial charge on any atom is -0.481 e. The number of nitrogens with one attached hydrogen (secondary N) is 1. The van der Waals surface area contributed by atoms with Crippen LogP contribution in [0.4, 0.5) is 4.39 Å². The lowest BCUT2D eigenvalue weighted by molar-refractivity contribution is -0.137. The Labute approximate surface area is 221 Å². The number of para-hydroxylation sites is 2. The molecular formula is C29H25FN4O5. The van der Waals surface area contributed by atoms with Crippen molar-refractivity contribution in [1.82, 2.24) is 14.5 Å². The van der Waals surface area contributed by atoms with Gasteiger partial charge in [-0.3, -0.25) is 14.2 Å². The van der Waals surface area contributed by atoms with Gasteiger partial charge in [0.25, 0.3) is 5.56 Å². The fourth-order valence-electron chi connectivity index (χ4n) is 4.43. The minimum atomic E-state index is -1.13. The number of halogens is 1. The summed E-state index contributed by atoms with van der Waals surface area (Å²) in [6, 6.07) is 17.4. The van der Waals surface area contributed by atoms with Gasteiger partial charge in [-0.2, -0.15) is 0 Å². The first kappa shape index (κ1) is 25.9. The molecule has 2 heterocycles. The van der Waals surface area contributed by atoms with Gasteiger partial charge in [-0.1, -0.05) is 18.2 Å². The van der Waals surface area contributed by atoms with E-state index < -0.39 is 17.9 Å². The summed E-state index contributed by atoms with van der Waals surface area (Å²) < 4.78 is 20.6. The third-order valence-corrected chi connectivity index (χ3v) is 6.41. The van der Waals surface area contributed by atoms with E-state index in [2.05, 4.69) is 4.98 Å². The van der Waals surface area contributed by atoms with Gasteiger partial charge in [-0.25, -0.2) is 14.4 Å². The summed E-state index contributed by atoms with van der Waals surface area (Å²) >= 11 is 0. The number of aromatic nitrogens is 3. The quantitative estimate of drug-likeness (QED) is 0.172. The Bertz CT molecular complexity index is 1710. The molecule has 5 aromatic rings. The lowest BCUT2D eigenvalue weighted by Gasteiger charge is -2.15. The Kier molecular flexibility index (Phi) is 7.29. The maximum absolute atomic E-state index is 13.5. The molecule has 9 nitrogen and oxygen atoms in total. The van der Waals surface area contributed by atoms with Crippen molar-refractivity contribution in [2.75, 3.05) is 0 Å². The number of oxazole rings is 1. The molecule has 0 saturated heterocycles. The fraction of sp³-hybridized carbons (Fsp3) is 0.207. The first-order valence-electron chi connectivity index (χ1n) is 12.4. The Morgan fingerprint density at radius 2 is 1.79 bits per heavy atom. The summed E-state index contributed by atoms with van der Waals surface area (Å²) in [5, 5.41) is 28.5. The summed E-state index contributed by atoms with van der Waals surface area (Å²) in [6.45, 7) is 0. The molecule has 0 unspecified atom stereocenters. The number of aliphatic carboxylic acids is 1. The average molecular weight is 529 g/mol. The number of aliphatic hydroxyl groups is 1. The van der Waals surface area contributed by atoms with E-state index in [1.807, 2.05) is 6.07 Å². The van der Waals surface area contributed by atoms with Crippen molar-refractivity contribution in [3.8, 4) is 5.69 Å². The van der Waals surface area contributed by atoms with E-state index >= 15 is 0 Å². The zero-order chi connectivity index (χ0) is 27.5. The Morgan fingerprint density at radius 3 is 2.54 bits per heavy atom. The summed E-state index contributed by atoms with van der Waals surface area (Å²) in [6.07, 6.45) is 0.0201. The first-order chi connectivity index (χ1) is 18.8. The molecule has 10 heteroatoms. The van der Waals surface area contributed by atoms with Crippen LogP contribution in [0.3, 0.4) is 0 Å². The maximum Gasteiger partial charge on any atom is 0.303 e. The van der Waals surface area contributed by atoms with Crippen molar-refractivity contribution < 1.29 is 23.8 Å². The second-order valence-corrected chi connectivity index (χ2v) is 9.20. The van der Waals surface area contributed by atoms with Crippen LogP contribution in [0.2, 0.25) is 0 Å². The van der Waals surface area contributed by atoms with Gasteiger partial charge in [0, 0.05) is 25.0 Å². The van der Waals surface area contributed by atoms with Gasteiger partial charge in [0.05, 0.1) is 16.6 Å². The summed E-state index contributed by atoms with van der Waals surface area (Å²) in [5.74, 6) is -0.822. The molecule has 0 fully saturated rings. The van der Waals surface area contributed by atoms with Gasteiger partial charge in [0.1, 0.15) is 23.3 Å². The number of carboxylic acids is 1. The summed E-state index contributed by atoms with van der Waals surface area (Å²) in [4.78, 5) is 33.4. The van der Waals surface area contributed by atoms with E-state index in [1.54, 1.807) is 36.4 Å². The van der Waals surface area contributed by atoms with E-state index in [9.17, 15) is 19.1 Å². The van der Waals surface area contributed by atoms with E-state index in [0.29, 0.717) is 58.3 Å². The molecule has 5 rings (SSSR count). The standard InChI is InChI=1S/C29H25FN4O5/c30-18-10-12-19(13-11-18)34-26(7-3-4-8-27(36)37)32-23-15-17(9-14-20(23)29(34)38)21(31)16-24(35)28-33-22-5-1-2-6-25(22)39-28/h1-2,5-6,9-15,24,31,35H,3-4,7-8,16H2,(H,36,37)/t24-/m0/s1. The number of aryl methyl sites for hydroxylation is 1. The Hall–Kier alpha value is -4.70. The lowest BCUT2D eigenvalue weighted by atomic mass is 10.0. The van der Waals surface area contributed by atoms with Crippen molar-refractivity contribution in [2.45, 2.75) is 38.2 Å². The monoisotopic (exact) mass is 528 g/mol. The summed E-state index contributed by atoms with van der Waals surface area (Å²) in [7, 11) is 0. The molecule has 0 aliphatic heterocycles. The largest absolute Gasteiger partial charge is 0.481 e. The second-order valence-electron chi connectivity index (χ2n) is 9.20. The van der Waals surface area contributed by atoms with Crippen LogP contribution in [0.5, 0.6) is 0 Å². The molecule has 0 aliphatic rings. The molecular weight excluding hydrogens is 503 g/mol. The van der Waals surface area contributed by atoms with Gasteiger partial charge in [-0.05, 0) is 66.9 Å². The fourth-order valence-corrected chi connectivity index (χ4v) is 4.43. The number of hydrogen-bond acceptors (Lipinski definition) is 7. The number of aliphatic hydroxyl groups excluding tert-OH is 1. The number of benzene rings is 3. The van der Waals surface area contributed by atoms with Crippen LogP contribution < -0.4 is 5.56 Å². The molecule has 0 aliphatic carbocycles. The highest BCUT2D eigenvalue weighted by Gasteiger charge is 2.19. The number of hydrogen-bond donors (Lipinski definition) is 3. The number of nitrogens with zero attached hydrogens (tertiary/aromatic N) is 3. The third kappa shape index (κ3) is 5.60. The maximum atomic E-state index is 13.5. The number of carboxylic acid groups (broad SMARTS) is 1. The number of fused-ring (bicyclic) bond motifs is 2. The van der Waals surface area contributed by atoms with Crippen LogP contribution in [0.25, 0.3) is 27.7 Å². The zero-order valence-electron chi connectivity index (χ0n) is 20.8. The Morgan fingerprint density at radius 1 is 1.03 bits per heavy atom. The predicted molar refractivity (Wildman–Crippen MR) is 143 cm³/mol. The lowest BCUT2D eigenvalue weighted by Crippen LogP contribution is -2.24. The molecule has 2 aromatic heterocycles. The highest BCUT2D eigenvalue weighted by Crippen LogP contribution is 2.24. The number of rotatable bonds is 10. The van der Waals surface area contributed by atoms with Gasteiger partial charge in [0.2, 0.25) is 5.89 Å². The molecule has 1 atom stereocenters. The normalized spacial score (nSPS) is 12.2. The van der Waals surface area contributed by atoms with Crippen molar-refractivity contribution in [3.05, 3.63) is 100 Å². The molecule has 3 aromatic carbocycles. The topological polar surface area (TPSA) is 142 Å². The molecule has 3 N–H and O–H groups in total. The second kappa shape index (κ2) is 11.0. The number of unbranched alkanes of at least 4 members (excludes halogenated alkanes) is 1. The average Bonchev–Trinajstić information content (AvgIpc) is 3.36. The van der Waals surface area contributed by atoms with Crippen LogP contribution in [0.1, 0.15) is 49.1 Å². The highest BCUT2D eigenvalue weighted by molar-refractivity contribution is 6.01. The van der Waals surface area contributed by atoms with E-state index in [4.69, 9.17) is 19.9 Å². The zero-order valence-corrected chi connectivity index (χ0v) is 20.8. The summed E-state index contributed by atoms with van der Waals surface area (Å²) in [5.41, 5.74) is 2.19. The van der Waals surface area contributed by atoms with Crippen LogP contribution in [-0.2, 0) is 11.2 Å². The van der Waals surface area contributed by atoms with E-state index in [1.165, 1.54) is 28.8 Å². The molecule has 0 radical (unpaired) electrons. The third-order valence-electron chi connectivity index (χ3n) is 6.41. The van der Waals surface area contributed by atoms with Crippen LogP contribution in [0, 0.1) is 11.2 Å². The van der Waals surface area contributed by atoms with E-state index in [0.717, 1.165) is 0 Å². The predicted octanol–water partition coefficient (Wildman–Crippen LogP) is 4.95. The van der Waals surface area contributed by atoms with Crippen molar-refractivity contribution in [1.29, 1.82) is 5.41 Å². The van der Waals surface area contributed by atoms with Crippen molar-refractivity contribution in [3.63, 3.8) is 0 Å². The molecule has 0 spiro atoms. The van der Waals surface area contributed by atoms with Crippen LogP contribution in [0.15, 0.2) is 75.9 Å². The van der Waals surface area contributed by atoms with Gasteiger partial charge in [0.15, 0.2) is 5.58 Å². The molecule has 0 amide bonds. The SMILES string of the molecule is N=C(C[C@H](O)c1nc2ccccc2o1)c1ccc2c(=O)n(-c3ccc(F)cc3)c(CCCCC(=O)O)nc2c1. The van der Waals surface area contributed by atoms with Crippen molar-refractivity contribution in [2.24, 2.45) is 0 Å². The van der Waals surface area contributed by atoms with Gasteiger partial charge >= 0.3 is 5.97 Å². The van der Waals surface area contributed by atoms with Crippen LogP contribution >= 0.6 is 0 Å².